The number of halogens is 3. The number of aliphatic carboxylic acids is 1. The number of carbonyl (C=O) groups is 1. The minimum atomic E-state index is -2.17. The molecule has 0 saturated carbocycles. The molecule has 10 heteroatoms. The van der Waals surface area contributed by atoms with Gasteiger partial charge in [-0.05, 0) is 0 Å². The normalized spacial score (nSPS) is 11.1. The molecule has 0 aliphatic heterocycles. The van der Waals surface area contributed by atoms with Crippen molar-refractivity contribution in [2.75, 3.05) is 13.2 Å². The first kappa shape index (κ1) is 25.9. The topological polar surface area (TPSA) is 87.0 Å². The number of carboxylic acid groups (broad SMARTS) is 1. The zero-order valence-corrected chi connectivity index (χ0v) is 19.1. The van der Waals surface area contributed by atoms with Crippen LogP contribution in [0.2, 0.25) is 10.0 Å². The van der Waals surface area contributed by atoms with Gasteiger partial charge in [0.05, 0.1) is 0 Å². The predicted molar refractivity (Wildman–Crippen MR) is 67.9 cm³/mol. The van der Waals surface area contributed by atoms with Crippen LogP contribution in [0, 0.1) is 0 Å². The molecule has 0 fully saturated rings. The van der Waals surface area contributed by atoms with Crippen LogP contribution in [0.1, 0.15) is 13.8 Å². The molecule has 0 saturated heterocycles. The van der Waals surface area contributed by atoms with E-state index in [1.165, 1.54) is 10.0 Å². The van der Waals surface area contributed by atoms with Crippen molar-refractivity contribution in [3.05, 3.63) is 0 Å². The summed E-state index contributed by atoms with van der Waals surface area (Å²) in [7, 11) is 0. The Kier molecular flexibility index (Phi) is 24.5. The first-order chi connectivity index (χ1) is 8.67. The molecule has 0 amide bonds. The molecule has 0 aliphatic carbocycles. The van der Waals surface area contributed by atoms with Gasteiger partial charge in [0.15, 0.2) is 0 Å². The number of hydrogen-bond donors (Lipinski definition) is 3. The molecule has 5 nitrogen and oxygen atoms in total. The van der Waals surface area contributed by atoms with Crippen LogP contribution in [0.25, 0.3) is 0 Å². The summed E-state index contributed by atoms with van der Waals surface area (Å²) in [4.78, 5) is 9.62. The number of rotatable bonds is 5. The summed E-state index contributed by atoms with van der Waals surface area (Å²) >= 11 is 15.2. The van der Waals surface area contributed by atoms with Gasteiger partial charge in [0.2, 0.25) is 0 Å². The van der Waals surface area contributed by atoms with Gasteiger partial charge < -0.3 is 5.11 Å². The van der Waals surface area contributed by atoms with Crippen molar-refractivity contribution in [2.45, 2.75) is 33.8 Å². The summed E-state index contributed by atoms with van der Waals surface area (Å²) in [5.41, 5.74) is 0. The molecular formula is C9H18Cl3O5YZn. The van der Waals surface area contributed by atoms with E-state index in [9.17, 15) is 4.79 Å². The molecule has 3 N–H and O–H groups in total. The Morgan fingerprint density at radius 2 is 1.74 bits per heavy atom. The fourth-order valence-corrected chi connectivity index (χ4v) is 2.55. The molecule has 0 aromatic carbocycles. The third kappa shape index (κ3) is 28.8. The Morgan fingerprint density at radius 1 is 1.37 bits per heavy atom. The summed E-state index contributed by atoms with van der Waals surface area (Å²) < 4.78 is 2.45. The van der Waals surface area contributed by atoms with E-state index < -0.39 is 15.9 Å². The molecule has 0 heterocycles. The van der Waals surface area contributed by atoms with Crippen LogP contribution in [-0.4, -0.2) is 44.4 Å². The second-order valence-electron chi connectivity index (χ2n) is 3.33. The van der Waals surface area contributed by atoms with Crippen LogP contribution in [-0.2, 0) is 55.4 Å². The Hall–Kier alpha value is 1.95. The van der Waals surface area contributed by atoms with Crippen molar-refractivity contribution in [1.29, 1.82) is 0 Å². The molecule has 0 rings (SSSR count). The van der Waals surface area contributed by atoms with Crippen LogP contribution in [0.5, 0.6) is 0 Å². The average molecular weight is 467 g/mol. The van der Waals surface area contributed by atoms with Gasteiger partial charge >= 0.3 is 110 Å². The molecular weight excluding hydrogens is 449 g/mol. The van der Waals surface area contributed by atoms with Crippen molar-refractivity contribution in [3.63, 3.8) is 0 Å². The van der Waals surface area contributed by atoms with Gasteiger partial charge in [-0.2, -0.15) is 0 Å². The Labute approximate surface area is 157 Å². The average Bonchev–Trinajstić information content (AvgIpc) is 2.30. The fourth-order valence-electron chi connectivity index (χ4n) is 0.517. The van der Waals surface area contributed by atoms with E-state index in [0.717, 1.165) is 0 Å². The van der Waals surface area contributed by atoms with Crippen molar-refractivity contribution in [1.82, 2.24) is 0 Å². The number of hydrogen-bond acceptors (Lipinski definition) is 4. The van der Waals surface area contributed by atoms with Gasteiger partial charge in [-0.15, -0.1) is 0 Å². The molecule has 0 aromatic rings. The first-order valence-electron chi connectivity index (χ1n) is 5.57. The van der Waals surface area contributed by atoms with Crippen LogP contribution >= 0.6 is 34.8 Å². The van der Waals surface area contributed by atoms with Gasteiger partial charge in [-0.1, -0.05) is 34.8 Å². The van der Waals surface area contributed by atoms with E-state index in [1.54, 1.807) is 0 Å². The molecule has 0 aliphatic rings. The first-order valence-corrected chi connectivity index (χ1v) is 12.1. The predicted octanol–water partition coefficient (Wildman–Crippen LogP) is 2.20. The van der Waals surface area contributed by atoms with Gasteiger partial charge in [-0.25, -0.2) is 4.79 Å². The molecule has 0 bridgehead atoms. The maximum absolute atomic E-state index is 9.62. The summed E-state index contributed by atoms with van der Waals surface area (Å²) in [6, 6.07) is 0. The fraction of sp³-hybridized carbons (Fsp3) is 0.889. The van der Waals surface area contributed by atoms with Gasteiger partial charge in [-0.3, -0.25) is 0 Å². The molecule has 0 radical (unpaired) electrons. The van der Waals surface area contributed by atoms with E-state index in [2.05, 4.69) is 15.9 Å². The standard InChI is InChI=1S/C3H7O3.C2HCl3O2.2C2H5.Y.Zn/c4-1-3(6)2-5;3-2(4,5)1(6)7;2*1-2;;/h3-4,6H,1-2H2;(H,6,7);2*1H2,2H3;;/q-1;;;;+1;. The zero-order chi connectivity index (χ0) is 15.9. The van der Waals surface area contributed by atoms with Gasteiger partial charge in [0.1, 0.15) is 0 Å². The molecule has 0 aromatic heterocycles. The summed E-state index contributed by atoms with van der Waals surface area (Å²) in [5.74, 6) is -1.46. The summed E-state index contributed by atoms with van der Waals surface area (Å²) in [6.45, 7) is 4.65. The van der Waals surface area contributed by atoms with Crippen LogP contribution < -0.4 is 0 Å². The van der Waals surface area contributed by atoms with E-state index in [-0.39, 0.29) is 30.3 Å². The molecule has 0 spiro atoms. The Balaban J connectivity index is -0.000000206. The number of aliphatic hydroxyl groups is 2. The van der Waals surface area contributed by atoms with E-state index in [4.69, 9.17) is 50.1 Å². The van der Waals surface area contributed by atoms with Crippen molar-refractivity contribution in [3.8, 4) is 0 Å². The van der Waals surface area contributed by atoms with Gasteiger partial charge in [0, 0.05) is 0 Å². The quantitative estimate of drug-likeness (QED) is 0.427. The summed E-state index contributed by atoms with van der Waals surface area (Å²) in [5, 5.41) is 27.6. The third-order valence-electron chi connectivity index (χ3n) is 1.45. The van der Waals surface area contributed by atoms with E-state index in [1.807, 2.05) is 0 Å². The molecule has 19 heavy (non-hydrogen) atoms. The summed E-state index contributed by atoms with van der Waals surface area (Å²) in [6.07, 6.45) is -0.685. The molecule has 1 atom stereocenters. The van der Waals surface area contributed by atoms with Crippen LogP contribution in [0.4, 0.5) is 0 Å². The maximum atomic E-state index is 9.62. The number of alkyl halides is 3. The minimum absolute atomic E-state index is 0.0972. The Bertz CT molecular complexity index is 205. The van der Waals surface area contributed by atoms with Gasteiger partial charge in [0.25, 0.3) is 3.79 Å². The third-order valence-corrected chi connectivity index (χ3v) is 5.37. The number of carboxylic acids is 1. The SMILES string of the molecule is C[CH2][Zn][CH2]C.O=C(O)C(Cl)(Cl)Cl.OCC(O)C[O][Y]. The second-order valence-corrected chi connectivity index (χ2v) is 12.1. The van der Waals surface area contributed by atoms with Crippen molar-refractivity contribution < 1.29 is 70.8 Å². The second kappa shape index (κ2) is 18.0. The zero-order valence-electron chi connectivity index (χ0n) is 11.0. The van der Waals surface area contributed by atoms with Crippen molar-refractivity contribution in [2.24, 2.45) is 0 Å². The number of aliphatic hydroxyl groups excluding tert-OH is 2. The van der Waals surface area contributed by atoms with Crippen molar-refractivity contribution >= 4 is 40.8 Å². The Morgan fingerprint density at radius 3 is 1.79 bits per heavy atom. The molecule has 1 unspecified atom stereocenters. The van der Waals surface area contributed by atoms with E-state index >= 15 is 0 Å². The van der Waals surface area contributed by atoms with Crippen LogP contribution in [0.15, 0.2) is 0 Å². The van der Waals surface area contributed by atoms with Crippen LogP contribution in [0.3, 0.4) is 0 Å². The molecule has 110 valence electrons. The van der Waals surface area contributed by atoms with E-state index in [0.29, 0.717) is 31.5 Å². The monoisotopic (exact) mass is 464 g/mol.